The highest BCUT2D eigenvalue weighted by atomic mass is 16.5. The summed E-state index contributed by atoms with van der Waals surface area (Å²) in [5, 5.41) is 8.84. The normalized spacial score (nSPS) is 12.7. The molecule has 0 saturated heterocycles. The molecular weight excluding hydrogens is 282 g/mol. The van der Waals surface area contributed by atoms with Crippen LogP contribution in [-0.4, -0.2) is 65.3 Å². The molecule has 0 aliphatic carbocycles. The third-order valence-electron chi connectivity index (χ3n) is 2.41. The number of nitrogens with one attached hydrogen (secondary N) is 2. The van der Waals surface area contributed by atoms with Crippen LogP contribution in [0.1, 0.15) is 16.9 Å². The maximum Gasteiger partial charge on any atom is 0.355 e. The molecule has 3 N–H and O–H groups in total. The van der Waals surface area contributed by atoms with Crippen molar-refractivity contribution in [2.45, 2.75) is 12.5 Å². The van der Waals surface area contributed by atoms with Gasteiger partial charge in [-0.1, -0.05) is 0 Å². The number of carboxylic acids is 1. The zero-order chi connectivity index (χ0) is 16.2. The number of H-pyrrole nitrogens is 2. The fourth-order valence-electron chi connectivity index (χ4n) is 1.74. The van der Waals surface area contributed by atoms with Gasteiger partial charge in [0.15, 0.2) is 6.10 Å². The summed E-state index contributed by atoms with van der Waals surface area (Å²) >= 11 is 0. The average Bonchev–Trinajstić information content (AvgIpc) is 2.23. The Morgan fingerprint density at radius 2 is 1.90 bits per heavy atom. The van der Waals surface area contributed by atoms with Crippen LogP contribution in [0.15, 0.2) is 15.7 Å². The van der Waals surface area contributed by atoms with Crippen molar-refractivity contribution < 1.29 is 23.9 Å². The first-order valence-electron chi connectivity index (χ1n) is 6.14. The molecule has 1 rings (SSSR count). The molecule has 0 spiro atoms. The largest absolute Gasteiger partial charge is 0.481 e. The third-order valence-corrected chi connectivity index (χ3v) is 2.41. The second kappa shape index (κ2) is 6.35. The summed E-state index contributed by atoms with van der Waals surface area (Å²) in [7, 11) is 5.45. The lowest BCUT2D eigenvalue weighted by atomic mass is 10.2. The van der Waals surface area contributed by atoms with Gasteiger partial charge in [0.2, 0.25) is 0 Å². The molecule has 0 fully saturated rings. The lowest BCUT2D eigenvalue weighted by Gasteiger charge is -2.28. The van der Waals surface area contributed by atoms with Gasteiger partial charge < -0.3 is 19.3 Å². The predicted molar refractivity (Wildman–Crippen MR) is 72.0 cm³/mol. The third kappa shape index (κ3) is 6.04. The van der Waals surface area contributed by atoms with E-state index in [4.69, 9.17) is 9.84 Å². The molecule has 0 saturated carbocycles. The van der Waals surface area contributed by atoms with Crippen molar-refractivity contribution in [3.63, 3.8) is 0 Å². The fraction of sp³-hybridized carbons (Fsp3) is 0.500. The molecule has 21 heavy (non-hydrogen) atoms. The van der Waals surface area contributed by atoms with Gasteiger partial charge >= 0.3 is 17.6 Å². The Balaban J connectivity index is 2.91. The number of aromatic amines is 2. The van der Waals surface area contributed by atoms with Crippen LogP contribution in [-0.2, 0) is 9.53 Å². The number of quaternary nitrogens is 1. The molecule has 9 nitrogen and oxygen atoms in total. The number of hydrogen-bond donors (Lipinski definition) is 3. The topological polar surface area (TPSA) is 129 Å². The number of aromatic nitrogens is 2. The minimum Gasteiger partial charge on any atom is -0.481 e. The summed E-state index contributed by atoms with van der Waals surface area (Å²) in [6.45, 7) is 0.269. The number of carboxylic acid groups (broad SMARTS) is 1. The maximum atomic E-state index is 11.9. The van der Waals surface area contributed by atoms with Gasteiger partial charge in [0.1, 0.15) is 12.2 Å². The van der Waals surface area contributed by atoms with E-state index in [2.05, 4.69) is 4.98 Å². The Morgan fingerprint density at radius 3 is 2.38 bits per heavy atom. The molecule has 0 radical (unpaired) electrons. The molecule has 116 valence electrons. The Morgan fingerprint density at radius 1 is 1.29 bits per heavy atom. The Hall–Kier alpha value is -2.42. The summed E-state index contributed by atoms with van der Waals surface area (Å²) in [4.78, 5) is 49.0. The summed E-state index contributed by atoms with van der Waals surface area (Å²) < 4.78 is 5.46. The van der Waals surface area contributed by atoms with Crippen molar-refractivity contribution in [2.75, 3.05) is 27.7 Å². The number of carbonyl (C=O) groups excluding carboxylic acids is 1. The van der Waals surface area contributed by atoms with E-state index in [0.717, 1.165) is 6.07 Å². The van der Waals surface area contributed by atoms with Gasteiger partial charge in [-0.25, -0.2) is 9.59 Å². The number of nitrogens with zero attached hydrogens (tertiary/aromatic N) is 1. The van der Waals surface area contributed by atoms with Gasteiger partial charge in [0.25, 0.3) is 5.56 Å². The van der Waals surface area contributed by atoms with Crippen molar-refractivity contribution in [1.29, 1.82) is 0 Å². The number of hydrogen-bond acceptors (Lipinski definition) is 5. The van der Waals surface area contributed by atoms with Crippen molar-refractivity contribution in [1.82, 2.24) is 9.97 Å². The summed E-state index contributed by atoms with van der Waals surface area (Å²) in [5.41, 5.74) is -1.90. The van der Waals surface area contributed by atoms with Crippen LogP contribution in [0, 0.1) is 0 Å². The van der Waals surface area contributed by atoms with Crippen molar-refractivity contribution in [2.24, 2.45) is 0 Å². The van der Waals surface area contributed by atoms with Gasteiger partial charge in [-0.3, -0.25) is 14.6 Å². The molecule has 1 aromatic rings. The molecule has 1 atom stereocenters. The molecule has 0 aliphatic rings. The SMILES string of the molecule is C[N+](C)(C)CC(CC(=O)O)OC(=O)c1cc(=O)[nH]c(=O)[nH]1. The number of rotatable bonds is 6. The molecule has 1 aromatic heterocycles. The van der Waals surface area contributed by atoms with Crippen LogP contribution in [0.25, 0.3) is 0 Å². The quantitative estimate of drug-likeness (QED) is 0.445. The number of esters is 1. The highest BCUT2D eigenvalue weighted by molar-refractivity contribution is 5.87. The Kier molecular flexibility index (Phi) is 5.03. The second-order valence-corrected chi connectivity index (χ2v) is 5.60. The highest BCUT2D eigenvalue weighted by Gasteiger charge is 2.25. The lowest BCUT2D eigenvalue weighted by molar-refractivity contribution is -0.873. The van der Waals surface area contributed by atoms with Gasteiger partial charge in [0, 0.05) is 6.07 Å². The second-order valence-electron chi connectivity index (χ2n) is 5.60. The molecule has 0 aromatic carbocycles. The van der Waals surface area contributed by atoms with Crippen LogP contribution in [0.4, 0.5) is 0 Å². The van der Waals surface area contributed by atoms with Crippen LogP contribution in [0.3, 0.4) is 0 Å². The molecule has 1 unspecified atom stereocenters. The zero-order valence-electron chi connectivity index (χ0n) is 12.0. The minimum atomic E-state index is -1.11. The van der Waals surface area contributed by atoms with Gasteiger partial charge in [-0.2, -0.15) is 0 Å². The van der Waals surface area contributed by atoms with E-state index < -0.39 is 29.3 Å². The first-order valence-corrected chi connectivity index (χ1v) is 6.14. The van der Waals surface area contributed by atoms with Gasteiger partial charge in [-0.15, -0.1) is 0 Å². The molecule has 0 amide bonds. The number of ether oxygens (including phenoxy) is 1. The first-order chi connectivity index (χ1) is 9.56. The van der Waals surface area contributed by atoms with Crippen LogP contribution >= 0.6 is 0 Å². The van der Waals surface area contributed by atoms with E-state index in [1.54, 1.807) is 0 Å². The Bertz CT molecular complexity index is 611. The smallest absolute Gasteiger partial charge is 0.355 e. The molecule has 0 aliphatic heterocycles. The number of carbonyl (C=O) groups is 2. The van der Waals surface area contributed by atoms with E-state index in [1.807, 2.05) is 26.1 Å². The molecule has 9 heteroatoms. The lowest BCUT2D eigenvalue weighted by Crippen LogP contribution is -2.44. The zero-order valence-corrected chi connectivity index (χ0v) is 12.0. The fourth-order valence-corrected chi connectivity index (χ4v) is 1.74. The van der Waals surface area contributed by atoms with E-state index in [9.17, 15) is 19.2 Å². The van der Waals surface area contributed by atoms with Gasteiger partial charge in [0.05, 0.1) is 27.6 Å². The first kappa shape index (κ1) is 16.6. The van der Waals surface area contributed by atoms with Crippen LogP contribution < -0.4 is 11.2 Å². The molecular formula is C12H18N3O6+. The van der Waals surface area contributed by atoms with Crippen molar-refractivity contribution in [3.05, 3.63) is 32.6 Å². The Labute approximate surface area is 119 Å². The van der Waals surface area contributed by atoms with E-state index in [0.29, 0.717) is 4.48 Å². The van der Waals surface area contributed by atoms with E-state index in [1.165, 1.54) is 0 Å². The van der Waals surface area contributed by atoms with Crippen LogP contribution in [0.5, 0.6) is 0 Å². The summed E-state index contributed by atoms with van der Waals surface area (Å²) in [6.07, 6.45) is -1.24. The highest BCUT2D eigenvalue weighted by Crippen LogP contribution is 2.07. The number of likely N-dealkylation sites (N-methyl/N-ethyl adjacent to an activating group) is 1. The monoisotopic (exact) mass is 300 g/mol. The molecule has 1 heterocycles. The van der Waals surface area contributed by atoms with Gasteiger partial charge in [-0.05, 0) is 0 Å². The van der Waals surface area contributed by atoms with Crippen LogP contribution in [0.2, 0.25) is 0 Å². The van der Waals surface area contributed by atoms with Crippen molar-refractivity contribution in [3.8, 4) is 0 Å². The average molecular weight is 300 g/mol. The summed E-state index contributed by atoms with van der Waals surface area (Å²) in [5.74, 6) is -2.06. The minimum absolute atomic E-state index is 0.269. The van der Waals surface area contributed by atoms with E-state index >= 15 is 0 Å². The number of aliphatic carboxylic acids is 1. The molecule has 0 bridgehead atoms. The standard InChI is InChI=1S/C12H17N3O6/c1-15(2,3)6-7(4-10(17)18)21-11(19)8-5-9(16)14-12(20)13-8/h5,7H,4,6H2,1-3H3,(H2-,13,14,16,17,18,20)/p+1. The van der Waals surface area contributed by atoms with Crippen molar-refractivity contribution >= 4 is 11.9 Å². The maximum absolute atomic E-state index is 11.9. The van der Waals surface area contributed by atoms with E-state index in [-0.39, 0.29) is 18.7 Å². The summed E-state index contributed by atoms with van der Waals surface area (Å²) in [6, 6.07) is 0.882. The predicted octanol–water partition coefficient (Wildman–Crippen LogP) is -1.23.